The highest BCUT2D eigenvalue weighted by molar-refractivity contribution is 7.15. The summed E-state index contributed by atoms with van der Waals surface area (Å²) in [6.45, 7) is 0.417. The van der Waals surface area contributed by atoms with Gasteiger partial charge in [-0.2, -0.15) is 0 Å². The Hall–Kier alpha value is -2.74. The van der Waals surface area contributed by atoms with Crippen LogP contribution < -0.4 is 10.9 Å². The number of para-hydroxylation sites is 1. The fraction of sp³-hybridized carbons (Fsp3) is 0.182. The predicted molar refractivity (Wildman–Crippen MR) is 125 cm³/mol. The van der Waals surface area contributed by atoms with Crippen LogP contribution in [-0.4, -0.2) is 20.4 Å². The van der Waals surface area contributed by atoms with Crippen molar-refractivity contribution >= 4 is 56.5 Å². The highest BCUT2D eigenvalue weighted by Crippen LogP contribution is 2.29. The minimum absolute atomic E-state index is 0.102. The summed E-state index contributed by atoms with van der Waals surface area (Å²) in [5.41, 5.74) is 1.47. The van der Waals surface area contributed by atoms with Gasteiger partial charge in [0.1, 0.15) is 0 Å². The zero-order valence-electron chi connectivity index (χ0n) is 16.3. The number of carbonyl (C=O) groups is 1. The van der Waals surface area contributed by atoms with Gasteiger partial charge in [-0.05, 0) is 30.2 Å². The van der Waals surface area contributed by atoms with Crippen LogP contribution in [0, 0.1) is 0 Å². The van der Waals surface area contributed by atoms with E-state index < -0.39 is 0 Å². The second-order valence-corrected chi connectivity index (χ2v) is 8.83. The third-order valence-electron chi connectivity index (χ3n) is 4.73. The second kappa shape index (κ2) is 9.60. The average Bonchev–Trinajstić information content (AvgIpc) is 3.20. The van der Waals surface area contributed by atoms with E-state index in [-0.39, 0.29) is 17.9 Å². The molecule has 0 saturated carbocycles. The number of aryl methyl sites for hydroxylation is 1. The van der Waals surface area contributed by atoms with Crippen LogP contribution >= 0.6 is 34.5 Å². The fourth-order valence-corrected chi connectivity index (χ4v) is 4.42. The van der Waals surface area contributed by atoms with E-state index in [4.69, 9.17) is 23.2 Å². The molecule has 1 N–H and O–H groups in total. The molecule has 0 radical (unpaired) electrons. The van der Waals surface area contributed by atoms with E-state index in [1.54, 1.807) is 24.4 Å². The first kappa shape index (κ1) is 21.5. The fourth-order valence-electron chi connectivity index (χ4n) is 3.18. The molecule has 31 heavy (non-hydrogen) atoms. The molecule has 9 heteroatoms. The molecular weight excluding hydrogens is 455 g/mol. The number of nitrogens with zero attached hydrogens (tertiary/aromatic N) is 3. The van der Waals surface area contributed by atoms with Crippen LogP contribution in [0.15, 0.2) is 59.8 Å². The van der Waals surface area contributed by atoms with Gasteiger partial charge in [0.05, 0.1) is 27.3 Å². The lowest BCUT2D eigenvalue weighted by Crippen LogP contribution is -2.21. The molecule has 1 amide bonds. The maximum Gasteiger partial charge on any atom is 0.261 e. The average molecular weight is 473 g/mol. The van der Waals surface area contributed by atoms with Gasteiger partial charge >= 0.3 is 0 Å². The summed E-state index contributed by atoms with van der Waals surface area (Å²) >= 11 is 13.7. The summed E-state index contributed by atoms with van der Waals surface area (Å²) in [5.74, 6) is -0.150. The molecule has 0 aliphatic heterocycles. The summed E-state index contributed by atoms with van der Waals surface area (Å²) in [7, 11) is 0. The Balaban J connectivity index is 1.31. The molecule has 158 valence electrons. The lowest BCUT2D eigenvalue weighted by molar-refractivity contribution is -0.116. The summed E-state index contributed by atoms with van der Waals surface area (Å²) in [4.78, 5) is 34.3. The lowest BCUT2D eigenvalue weighted by Gasteiger charge is -2.06. The molecule has 0 saturated heterocycles. The highest BCUT2D eigenvalue weighted by atomic mass is 35.5. The van der Waals surface area contributed by atoms with E-state index in [0.717, 1.165) is 10.4 Å². The first-order valence-electron chi connectivity index (χ1n) is 9.63. The summed E-state index contributed by atoms with van der Waals surface area (Å²) in [6, 6.07) is 12.7. The van der Waals surface area contributed by atoms with Gasteiger partial charge in [-0.15, -0.1) is 11.3 Å². The van der Waals surface area contributed by atoms with Crippen molar-refractivity contribution in [3.05, 3.63) is 85.8 Å². The van der Waals surface area contributed by atoms with Crippen molar-refractivity contribution in [2.45, 2.75) is 25.8 Å². The number of hydrogen-bond acceptors (Lipinski definition) is 5. The molecule has 0 aliphatic rings. The van der Waals surface area contributed by atoms with Crippen LogP contribution in [0.3, 0.4) is 0 Å². The molecule has 0 bridgehead atoms. The Kier molecular flexibility index (Phi) is 6.65. The van der Waals surface area contributed by atoms with Crippen LogP contribution in [0.2, 0.25) is 10.0 Å². The number of nitrogens with one attached hydrogen (secondary N) is 1. The molecule has 2 heterocycles. The number of carbonyl (C=O) groups excluding carboxylic acids is 1. The van der Waals surface area contributed by atoms with Crippen molar-refractivity contribution in [1.29, 1.82) is 0 Å². The number of rotatable bonds is 7. The SMILES string of the molecule is O=C(CCCn1cnc2ccccc2c1=O)Nc1ncc(Cc2cccc(Cl)c2Cl)s1. The maximum absolute atomic E-state index is 12.5. The normalized spacial score (nSPS) is 11.0. The van der Waals surface area contributed by atoms with E-state index >= 15 is 0 Å². The molecule has 0 unspecified atom stereocenters. The third kappa shape index (κ3) is 5.12. The second-order valence-electron chi connectivity index (χ2n) is 6.93. The van der Waals surface area contributed by atoms with Crippen molar-refractivity contribution in [2.24, 2.45) is 0 Å². The van der Waals surface area contributed by atoms with Crippen molar-refractivity contribution in [2.75, 3.05) is 5.32 Å². The van der Waals surface area contributed by atoms with Crippen LogP contribution in [-0.2, 0) is 17.8 Å². The molecule has 4 aromatic rings. The summed E-state index contributed by atoms with van der Waals surface area (Å²) in [6.07, 6.45) is 4.62. The van der Waals surface area contributed by atoms with Gasteiger partial charge in [0, 0.05) is 30.5 Å². The molecule has 0 atom stereocenters. The van der Waals surface area contributed by atoms with Gasteiger partial charge in [-0.3, -0.25) is 14.2 Å². The monoisotopic (exact) mass is 472 g/mol. The minimum Gasteiger partial charge on any atom is -0.302 e. The van der Waals surface area contributed by atoms with Crippen molar-refractivity contribution < 1.29 is 4.79 Å². The zero-order valence-corrected chi connectivity index (χ0v) is 18.7. The van der Waals surface area contributed by atoms with Gasteiger partial charge in [0.25, 0.3) is 5.56 Å². The molecule has 0 spiro atoms. The Morgan fingerprint density at radius 1 is 1.10 bits per heavy atom. The molecule has 0 aliphatic carbocycles. The maximum atomic E-state index is 12.5. The van der Waals surface area contributed by atoms with E-state index in [0.29, 0.717) is 45.5 Å². The third-order valence-corrected chi connectivity index (χ3v) is 6.50. The molecule has 4 rings (SSSR count). The molecule has 6 nitrogen and oxygen atoms in total. The number of anilines is 1. The van der Waals surface area contributed by atoms with Gasteiger partial charge in [0.2, 0.25) is 5.91 Å². The van der Waals surface area contributed by atoms with Crippen LogP contribution in [0.5, 0.6) is 0 Å². The first-order chi connectivity index (χ1) is 15.0. The van der Waals surface area contributed by atoms with Gasteiger partial charge in [0.15, 0.2) is 5.13 Å². The number of amides is 1. The van der Waals surface area contributed by atoms with E-state index in [9.17, 15) is 9.59 Å². The highest BCUT2D eigenvalue weighted by Gasteiger charge is 2.11. The Bertz CT molecular complexity index is 1300. The van der Waals surface area contributed by atoms with E-state index in [2.05, 4.69) is 15.3 Å². The number of fused-ring (bicyclic) bond motifs is 1. The van der Waals surface area contributed by atoms with Crippen LogP contribution in [0.4, 0.5) is 5.13 Å². The van der Waals surface area contributed by atoms with Crippen molar-refractivity contribution in [3.8, 4) is 0 Å². The number of aromatic nitrogens is 3. The number of hydrogen-bond donors (Lipinski definition) is 1. The number of thiazole rings is 1. The number of halogens is 2. The van der Waals surface area contributed by atoms with E-state index in [1.165, 1.54) is 22.2 Å². The Morgan fingerprint density at radius 3 is 2.81 bits per heavy atom. The van der Waals surface area contributed by atoms with Gasteiger partial charge in [-0.25, -0.2) is 9.97 Å². The minimum atomic E-state index is -0.150. The van der Waals surface area contributed by atoms with Crippen LogP contribution in [0.1, 0.15) is 23.3 Å². The molecular formula is C22H18Cl2N4O2S. The predicted octanol–water partition coefficient (Wildman–Crippen LogP) is 5.17. The Labute approximate surface area is 192 Å². The zero-order chi connectivity index (χ0) is 21.8. The Morgan fingerprint density at radius 2 is 1.94 bits per heavy atom. The molecule has 0 fully saturated rings. The lowest BCUT2D eigenvalue weighted by atomic mass is 10.1. The topological polar surface area (TPSA) is 76.9 Å². The largest absolute Gasteiger partial charge is 0.302 e. The van der Waals surface area contributed by atoms with Gasteiger partial charge < -0.3 is 5.32 Å². The quantitative estimate of drug-likeness (QED) is 0.402. The van der Waals surface area contributed by atoms with Crippen molar-refractivity contribution in [1.82, 2.24) is 14.5 Å². The number of benzene rings is 2. The van der Waals surface area contributed by atoms with Crippen molar-refractivity contribution in [3.63, 3.8) is 0 Å². The van der Waals surface area contributed by atoms with E-state index in [1.807, 2.05) is 24.3 Å². The first-order valence-corrected chi connectivity index (χ1v) is 11.2. The van der Waals surface area contributed by atoms with Gasteiger partial charge in [-0.1, -0.05) is 47.5 Å². The standard InChI is InChI=1S/C22H18Cl2N4O2S/c23-17-7-3-5-14(20(17)24)11-15-12-25-22(31-15)27-19(29)9-4-10-28-13-26-18-8-2-1-6-16(18)21(28)30/h1-3,5-8,12-13H,4,9-11H2,(H,25,27,29). The summed E-state index contributed by atoms with van der Waals surface area (Å²) < 4.78 is 1.53. The smallest absolute Gasteiger partial charge is 0.261 e. The summed E-state index contributed by atoms with van der Waals surface area (Å²) in [5, 5.41) is 4.96. The van der Waals surface area contributed by atoms with Crippen LogP contribution in [0.25, 0.3) is 10.9 Å². The molecule has 2 aromatic heterocycles. The molecule has 2 aromatic carbocycles.